The van der Waals surface area contributed by atoms with Crippen LogP contribution in [-0.4, -0.2) is 20.3 Å². The summed E-state index contributed by atoms with van der Waals surface area (Å²) in [5, 5.41) is 10.3. The van der Waals surface area contributed by atoms with Gasteiger partial charge in [-0.15, -0.1) is 5.10 Å². The van der Waals surface area contributed by atoms with E-state index in [0.717, 1.165) is 23.0 Å². The van der Waals surface area contributed by atoms with Crippen molar-refractivity contribution in [2.24, 2.45) is 0 Å². The summed E-state index contributed by atoms with van der Waals surface area (Å²) < 4.78 is 1.77. The molecule has 0 bridgehead atoms. The average molecular weight is 335 g/mol. The summed E-state index contributed by atoms with van der Waals surface area (Å²) in [5.41, 5.74) is 1.94. The highest BCUT2D eigenvalue weighted by molar-refractivity contribution is 9.09. The van der Waals surface area contributed by atoms with Crippen LogP contribution in [0.3, 0.4) is 0 Å². The molecule has 6 heteroatoms. The quantitative estimate of drug-likeness (QED) is 0.800. The first-order chi connectivity index (χ1) is 8.19. The van der Waals surface area contributed by atoms with E-state index in [9.17, 15) is 0 Å². The highest BCUT2D eigenvalue weighted by Gasteiger charge is 2.04. The van der Waals surface area contributed by atoms with Crippen molar-refractivity contribution < 1.29 is 0 Å². The minimum Gasteiger partial charge on any atom is -0.248 e. The fourth-order valence-electron chi connectivity index (χ4n) is 1.45. The summed E-state index contributed by atoms with van der Waals surface area (Å²) in [7, 11) is 0. The van der Waals surface area contributed by atoms with Crippen LogP contribution in [-0.2, 0) is 13.0 Å². The Morgan fingerprint density at radius 1 is 1.29 bits per heavy atom. The Bertz CT molecular complexity index is 513. The van der Waals surface area contributed by atoms with Crippen LogP contribution in [0.25, 0.3) is 0 Å². The number of hydrogen-bond donors (Lipinski definition) is 0. The molecule has 0 N–H and O–H groups in total. The molecule has 0 aliphatic carbocycles. The van der Waals surface area contributed by atoms with Gasteiger partial charge in [0, 0.05) is 28.0 Å². The Morgan fingerprint density at radius 3 is 2.82 bits per heavy atom. The smallest absolute Gasteiger partial charge is 0.0835 e. The summed E-state index contributed by atoms with van der Waals surface area (Å²) >= 11 is 15.3. The maximum atomic E-state index is 6.09. The van der Waals surface area contributed by atoms with Crippen LogP contribution in [0.15, 0.2) is 24.4 Å². The number of hydrogen-bond acceptors (Lipinski definition) is 2. The van der Waals surface area contributed by atoms with E-state index in [4.69, 9.17) is 23.2 Å². The molecule has 2 rings (SSSR count). The third kappa shape index (κ3) is 3.44. The maximum Gasteiger partial charge on any atom is 0.0835 e. The lowest BCUT2D eigenvalue weighted by Crippen LogP contribution is -2.01. The Kier molecular flexibility index (Phi) is 4.42. The van der Waals surface area contributed by atoms with Gasteiger partial charge in [0.05, 0.1) is 12.2 Å². The van der Waals surface area contributed by atoms with Gasteiger partial charge < -0.3 is 0 Å². The molecule has 0 saturated heterocycles. The standard InChI is InChI=1S/C11H10BrCl2N3/c12-4-3-10-7-17(16-15-10)6-8-1-2-9(13)5-11(8)14/h1-2,5,7H,3-4,6H2. The van der Waals surface area contributed by atoms with Gasteiger partial charge in [0.1, 0.15) is 0 Å². The van der Waals surface area contributed by atoms with E-state index in [0.29, 0.717) is 16.6 Å². The fraction of sp³-hybridized carbons (Fsp3) is 0.273. The van der Waals surface area contributed by atoms with Crippen molar-refractivity contribution in [2.75, 3.05) is 5.33 Å². The highest BCUT2D eigenvalue weighted by Crippen LogP contribution is 2.21. The first kappa shape index (κ1) is 12.9. The summed E-state index contributed by atoms with van der Waals surface area (Å²) in [6.45, 7) is 0.602. The van der Waals surface area contributed by atoms with Crippen molar-refractivity contribution in [1.29, 1.82) is 0 Å². The molecule has 1 aromatic heterocycles. The predicted molar refractivity (Wildman–Crippen MR) is 73.1 cm³/mol. The SMILES string of the molecule is Clc1ccc(Cn2cc(CCBr)nn2)c(Cl)c1. The van der Waals surface area contributed by atoms with Gasteiger partial charge in [-0.1, -0.05) is 50.4 Å². The van der Waals surface area contributed by atoms with E-state index in [1.165, 1.54) is 0 Å². The van der Waals surface area contributed by atoms with Crippen LogP contribution in [0.1, 0.15) is 11.3 Å². The number of aromatic nitrogens is 3. The molecule has 0 atom stereocenters. The second-order valence-corrected chi connectivity index (χ2v) is 5.22. The summed E-state index contributed by atoms with van der Waals surface area (Å²) in [6, 6.07) is 5.45. The molecule has 0 aliphatic heterocycles. The summed E-state index contributed by atoms with van der Waals surface area (Å²) in [4.78, 5) is 0. The second-order valence-electron chi connectivity index (χ2n) is 3.58. The fourth-order valence-corrected chi connectivity index (χ4v) is 2.33. The first-order valence-corrected chi connectivity index (χ1v) is 6.95. The number of nitrogens with zero attached hydrogens (tertiary/aromatic N) is 3. The highest BCUT2D eigenvalue weighted by atomic mass is 79.9. The molecule has 1 aromatic carbocycles. The Morgan fingerprint density at radius 2 is 2.12 bits per heavy atom. The Hall–Kier alpha value is -0.580. The molecule has 0 radical (unpaired) electrons. The third-order valence-corrected chi connectivity index (χ3v) is 3.27. The zero-order valence-corrected chi connectivity index (χ0v) is 12.0. The molecule has 17 heavy (non-hydrogen) atoms. The molecule has 0 unspecified atom stereocenters. The second kappa shape index (κ2) is 5.85. The van der Waals surface area contributed by atoms with Crippen LogP contribution in [0.4, 0.5) is 0 Å². The van der Waals surface area contributed by atoms with Gasteiger partial charge in [-0.3, -0.25) is 0 Å². The molecule has 0 aliphatic rings. The van der Waals surface area contributed by atoms with Crippen LogP contribution in [0.2, 0.25) is 10.0 Å². The molecule has 0 amide bonds. The van der Waals surface area contributed by atoms with Crippen LogP contribution in [0.5, 0.6) is 0 Å². The van der Waals surface area contributed by atoms with Gasteiger partial charge in [0.15, 0.2) is 0 Å². The summed E-state index contributed by atoms with van der Waals surface area (Å²) in [5.74, 6) is 0. The van der Waals surface area contributed by atoms with Crippen LogP contribution in [0, 0.1) is 0 Å². The molecule has 90 valence electrons. The van der Waals surface area contributed by atoms with Gasteiger partial charge in [0.25, 0.3) is 0 Å². The minimum absolute atomic E-state index is 0.602. The van der Waals surface area contributed by atoms with E-state index < -0.39 is 0 Å². The van der Waals surface area contributed by atoms with E-state index in [1.54, 1.807) is 10.7 Å². The maximum absolute atomic E-state index is 6.09. The van der Waals surface area contributed by atoms with Crippen molar-refractivity contribution in [3.05, 3.63) is 45.7 Å². The van der Waals surface area contributed by atoms with Gasteiger partial charge in [-0.05, 0) is 17.7 Å². The normalized spacial score (nSPS) is 10.8. The van der Waals surface area contributed by atoms with Crippen molar-refractivity contribution in [3.63, 3.8) is 0 Å². The first-order valence-electron chi connectivity index (χ1n) is 5.08. The lowest BCUT2D eigenvalue weighted by atomic mass is 10.2. The number of alkyl halides is 1. The number of halogens is 3. The van der Waals surface area contributed by atoms with Crippen LogP contribution < -0.4 is 0 Å². The third-order valence-electron chi connectivity index (χ3n) is 2.28. The van der Waals surface area contributed by atoms with E-state index in [2.05, 4.69) is 26.2 Å². The van der Waals surface area contributed by atoms with Crippen molar-refractivity contribution >= 4 is 39.1 Å². The zero-order valence-electron chi connectivity index (χ0n) is 8.91. The monoisotopic (exact) mass is 333 g/mol. The molecule has 0 spiro atoms. The molecular weight excluding hydrogens is 325 g/mol. The van der Waals surface area contributed by atoms with E-state index in [-0.39, 0.29) is 0 Å². The van der Waals surface area contributed by atoms with Crippen molar-refractivity contribution in [1.82, 2.24) is 15.0 Å². The molecule has 2 aromatic rings. The lowest BCUT2D eigenvalue weighted by molar-refractivity contribution is 0.649. The largest absolute Gasteiger partial charge is 0.248 e. The predicted octanol–water partition coefficient (Wildman–Crippen LogP) is 3.57. The van der Waals surface area contributed by atoms with Crippen LogP contribution >= 0.6 is 39.1 Å². The van der Waals surface area contributed by atoms with Gasteiger partial charge in [-0.25, -0.2) is 4.68 Å². The molecular formula is C11H10BrCl2N3. The van der Waals surface area contributed by atoms with Crippen molar-refractivity contribution in [3.8, 4) is 0 Å². The molecule has 0 fully saturated rings. The number of benzene rings is 1. The topological polar surface area (TPSA) is 30.7 Å². The average Bonchev–Trinajstić information content (AvgIpc) is 2.71. The Balaban J connectivity index is 2.13. The van der Waals surface area contributed by atoms with E-state index in [1.807, 2.05) is 18.3 Å². The zero-order chi connectivity index (χ0) is 12.3. The Labute approximate surface area is 118 Å². The number of aryl methyl sites for hydroxylation is 1. The van der Waals surface area contributed by atoms with Gasteiger partial charge >= 0.3 is 0 Å². The summed E-state index contributed by atoms with van der Waals surface area (Å²) in [6.07, 6.45) is 2.79. The van der Waals surface area contributed by atoms with E-state index >= 15 is 0 Å². The van der Waals surface area contributed by atoms with Gasteiger partial charge in [-0.2, -0.15) is 0 Å². The molecule has 1 heterocycles. The minimum atomic E-state index is 0.602. The molecule has 0 saturated carbocycles. The molecule has 3 nitrogen and oxygen atoms in total. The lowest BCUT2D eigenvalue weighted by Gasteiger charge is -2.03. The number of rotatable bonds is 4. The van der Waals surface area contributed by atoms with Gasteiger partial charge in [0.2, 0.25) is 0 Å². The van der Waals surface area contributed by atoms with Crippen molar-refractivity contribution in [2.45, 2.75) is 13.0 Å².